The highest BCUT2D eigenvalue weighted by Gasteiger charge is 2.30. The molecule has 1 aliphatic heterocycles. The zero-order chi connectivity index (χ0) is 17.9. The molecule has 0 aromatic heterocycles. The maximum absolute atomic E-state index is 12.1. The van der Waals surface area contributed by atoms with Crippen LogP contribution in [0.5, 0.6) is 0 Å². The van der Waals surface area contributed by atoms with Crippen LogP contribution < -0.4 is 10.6 Å². The van der Waals surface area contributed by atoms with E-state index in [-0.39, 0.29) is 30.8 Å². The van der Waals surface area contributed by atoms with Gasteiger partial charge in [-0.05, 0) is 44.5 Å². The molecule has 3 amide bonds. The van der Waals surface area contributed by atoms with Crippen LogP contribution in [-0.4, -0.2) is 46.9 Å². The van der Waals surface area contributed by atoms with Gasteiger partial charge in [0, 0.05) is 23.4 Å². The van der Waals surface area contributed by atoms with E-state index in [1.165, 1.54) is 6.08 Å². The summed E-state index contributed by atoms with van der Waals surface area (Å²) in [4.78, 5) is 36.8. The van der Waals surface area contributed by atoms with Gasteiger partial charge in [0.05, 0.1) is 13.2 Å². The van der Waals surface area contributed by atoms with Gasteiger partial charge in [0.15, 0.2) is 0 Å². The van der Waals surface area contributed by atoms with E-state index in [1.54, 1.807) is 18.2 Å². The third kappa shape index (κ3) is 3.80. The van der Waals surface area contributed by atoms with Crippen molar-refractivity contribution in [3.8, 4) is 0 Å². The molecule has 2 rings (SSSR count). The molecule has 7 nitrogen and oxygen atoms in total. The predicted molar refractivity (Wildman–Crippen MR) is 89.3 cm³/mol. The number of β-amino-alcohol motifs (C(OH)–C–C–N with tert-alkyl or cyclic N) is 1. The lowest BCUT2D eigenvalue weighted by molar-refractivity contribution is -0.137. The highest BCUT2D eigenvalue weighted by Crippen LogP contribution is 2.21. The van der Waals surface area contributed by atoms with E-state index in [0.717, 1.165) is 10.5 Å². The zero-order valence-corrected chi connectivity index (χ0v) is 13.9. The zero-order valence-electron chi connectivity index (χ0n) is 13.9. The Morgan fingerprint density at radius 1 is 1.29 bits per heavy atom. The van der Waals surface area contributed by atoms with Gasteiger partial charge < -0.3 is 15.7 Å². The molecular weight excluding hydrogens is 310 g/mol. The molecule has 0 aliphatic carbocycles. The minimum absolute atomic E-state index is 0.0351. The van der Waals surface area contributed by atoms with Crippen molar-refractivity contribution in [2.45, 2.75) is 26.8 Å². The van der Waals surface area contributed by atoms with Crippen molar-refractivity contribution in [2.24, 2.45) is 0 Å². The molecule has 128 valence electrons. The Morgan fingerprint density at radius 2 is 2.00 bits per heavy atom. The molecule has 3 N–H and O–H groups in total. The number of aryl methyl sites for hydroxylation is 1. The first-order valence-corrected chi connectivity index (χ1v) is 7.70. The van der Waals surface area contributed by atoms with Crippen LogP contribution in [0.3, 0.4) is 0 Å². The second-order valence-corrected chi connectivity index (χ2v) is 5.86. The third-order valence-electron chi connectivity index (χ3n) is 3.51. The van der Waals surface area contributed by atoms with E-state index < -0.39 is 11.8 Å². The summed E-state index contributed by atoms with van der Waals surface area (Å²) in [6.07, 6.45) is 1.21. The highest BCUT2D eigenvalue weighted by atomic mass is 16.3. The number of imide groups is 1. The Kier molecular flexibility index (Phi) is 5.35. The first-order chi connectivity index (χ1) is 11.3. The van der Waals surface area contributed by atoms with Gasteiger partial charge in [-0.25, -0.2) is 0 Å². The molecule has 1 aliphatic rings. The molecule has 0 saturated heterocycles. The Bertz CT molecular complexity index is 710. The molecule has 24 heavy (non-hydrogen) atoms. The summed E-state index contributed by atoms with van der Waals surface area (Å²) in [5, 5.41) is 14.6. The molecule has 0 saturated carbocycles. The number of anilines is 1. The van der Waals surface area contributed by atoms with Gasteiger partial charge in [-0.1, -0.05) is 0 Å². The molecule has 0 spiro atoms. The predicted octanol–water partition coefficient (Wildman–Crippen LogP) is 0.790. The number of hydrogen-bond donors (Lipinski definition) is 3. The van der Waals surface area contributed by atoms with E-state index in [2.05, 4.69) is 10.6 Å². The Balaban J connectivity index is 2.14. The van der Waals surface area contributed by atoms with Crippen molar-refractivity contribution in [1.82, 2.24) is 10.2 Å². The first kappa shape index (κ1) is 17.7. The minimum atomic E-state index is -0.477. The topological polar surface area (TPSA) is 98.7 Å². The van der Waals surface area contributed by atoms with Crippen LogP contribution in [0.1, 0.15) is 29.8 Å². The fourth-order valence-electron chi connectivity index (χ4n) is 2.35. The normalized spacial score (nSPS) is 14.2. The number of carbonyl (C=O) groups excluding carboxylic acids is 3. The van der Waals surface area contributed by atoms with Gasteiger partial charge in [-0.15, -0.1) is 0 Å². The molecule has 0 atom stereocenters. The largest absolute Gasteiger partial charge is 0.395 e. The third-order valence-corrected chi connectivity index (χ3v) is 3.51. The molecule has 0 radical (unpaired) electrons. The lowest BCUT2D eigenvalue weighted by Gasteiger charge is -2.15. The highest BCUT2D eigenvalue weighted by molar-refractivity contribution is 6.17. The van der Waals surface area contributed by atoms with Crippen molar-refractivity contribution in [3.63, 3.8) is 0 Å². The Hall–Kier alpha value is -2.67. The van der Waals surface area contributed by atoms with E-state index in [1.807, 2.05) is 20.8 Å². The maximum Gasteiger partial charge on any atom is 0.277 e. The molecule has 0 bridgehead atoms. The quantitative estimate of drug-likeness (QED) is 0.670. The second-order valence-electron chi connectivity index (χ2n) is 5.86. The van der Waals surface area contributed by atoms with Crippen molar-refractivity contribution < 1.29 is 19.5 Å². The molecule has 0 fully saturated rings. The molecule has 1 aromatic rings. The monoisotopic (exact) mass is 331 g/mol. The van der Waals surface area contributed by atoms with Crippen LogP contribution in [0.15, 0.2) is 30.0 Å². The van der Waals surface area contributed by atoms with Crippen LogP contribution in [0.2, 0.25) is 0 Å². The summed E-state index contributed by atoms with van der Waals surface area (Å²) in [5.41, 5.74) is 2.08. The molecule has 1 aromatic carbocycles. The number of aliphatic hydroxyl groups is 1. The van der Waals surface area contributed by atoms with Crippen LogP contribution >= 0.6 is 0 Å². The summed E-state index contributed by atoms with van der Waals surface area (Å²) >= 11 is 0. The number of amides is 3. The molecular formula is C17H21N3O4. The lowest BCUT2D eigenvalue weighted by Crippen LogP contribution is -2.34. The van der Waals surface area contributed by atoms with E-state index in [0.29, 0.717) is 11.3 Å². The Morgan fingerprint density at radius 3 is 2.58 bits per heavy atom. The van der Waals surface area contributed by atoms with Crippen LogP contribution in [0.25, 0.3) is 0 Å². The number of carbonyl (C=O) groups is 3. The van der Waals surface area contributed by atoms with Gasteiger partial charge in [-0.2, -0.15) is 0 Å². The number of hydrogen-bond acceptors (Lipinski definition) is 5. The SMILES string of the molecule is Cc1cc(C(=O)NC(C)C)ccc1NC1=CC(=O)N(CCO)C1=O. The first-order valence-electron chi connectivity index (χ1n) is 7.70. The summed E-state index contributed by atoms with van der Waals surface area (Å²) in [5.74, 6) is -1.10. The van der Waals surface area contributed by atoms with Gasteiger partial charge in [0.1, 0.15) is 5.70 Å². The summed E-state index contributed by atoms with van der Waals surface area (Å²) in [6, 6.07) is 5.10. The smallest absolute Gasteiger partial charge is 0.277 e. The lowest BCUT2D eigenvalue weighted by atomic mass is 10.1. The fourth-order valence-corrected chi connectivity index (χ4v) is 2.35. The van der Waals surface area contributed by atoms with Gasteiger partial charge >= 0.3 is 0 Å². The van der Waals surface area contributed by atoms with E-state index >= 15 is 0 Å². The standard InChI is InChI=1S/C17H21N3O4/c1-10(2)18-16(23)12-4-5-13(11(3)8-12)19-14-9-15(22)20(6-7-21)17(14)24/h4-5,8-10,19,21H,6-7H2,1-3H3,(H,18,23). The van der Waals surface area contributed by atoms with Crippen LogP contribution in [0, 0.1) is 6.92 Å². The number of nitrogens with one attached hydrogen (secondary N) is 2. The second kappa shape index (κ2) is 7.27. The number of nitrogens with zero attached hydrogens (tertiary/aromatic N) is 1. The van der Waals surface area contributed by atoms with Crippen molar-refractivity contribution in [2.75, 3.05) is 18.5 Å². The van der Waals surface area contributed by atoms with Gasteiger partial charge in [-0.3, -0.25) is 19.3 Å². The fraction of sp³-hybridized carbons (Fsp3) is 0.353. The number of aliphatic hydroxyl groups excluding tert-OH is 1. The van der Waals surface area contributed by atoms with Crippen molar-refractivity contribution >= 4 is 23.4 Å². The van der Waals surface area contributed by atoms with Gasteiger partial charge in [0.2, 0.25) is 0 Å². The van der Waals surface area contributed by atoms with Gasteiger partial charge in [0.25, 0.3) is 17.7 Å². The van der Waals surface area contributed by atoms with Crippen LogP contribution in [0.4, 0.5) is 5.69 Å². The average Bonchev–Trinajstić information content (AvgIpc) is 2.76. The van der Waals surface area contributed by atoms with E-state index in [4.69, 9.17) is 5.11 Å². The van der Waals surface area contributed by atoms with Crippen molar-refractivity contribution in [3.05, 3.63) is 41.1 Å². The molecule has 7 heteroatoms. The molecule has 1 heterocycles. The molecule has 0 unspecified atom stereocenters. The summed E-state index contributed by atoms with van der Waals surface area (Å²) in [7, 11) is 0. The number of benzene rings is 1. The minimum Gasteiger partial charge on any atom is -0.395 e. The van der Waals surface area contributed by atoms with Crippen molar-refractivity contribution in [1.29, 1.82) is 0 Å². The average molecular weight is 331 g/mol. The van der Waals surface area contributed by atoms with Crippen LogP contribution in [-0.2, 0) is 9.59 Å². The number of rotatable bonds is 6. The maximum atomic E-state index is 12.1. The Labute approximate surface area is 140 Å². The van der Waals surface area contributed by atoms with E-state index in [9.17, 15) is 14.4 Å². The summed E-state index contributed by atoms with van der Waals surface area (Å²) in [6.45, 7) is 5.26. The summed E-state index contributed by atoms with van der Waals surface area (Å²) < 4.78 is 0.